The fourth-order valence-electron chi connectivity index (χ4n) is 2.91. The maximum atomic E-state index is 11.5. The molecule has 0 aromatic heterocycles. The van der Waals surface area contributed by atoms with Crippen LogP contribution in [0.2, 0.25) is 0 Å². The van der Waals surface area contributed by atoms with E-state index in [9.17, 15) is 4.79 Å². The summed E-state index contributed by atoms with van der Waals surface area (Å²) in [5.41, 5.74) is 0.103. The van der Waals surface area contributed by atoms with Gasteiger partial charge in [-0.05, 0) is 19.3 Å². The first-order valence-electron chi connectivity index (χ1n) is 5.56. The van der Waals surface area contributed by atoms with E-state index in [1.807, 2.05) is 0 Å². The molecular formula is C11H19NO3. The van der Waals surface area contributed by atoms with Crippen molar-refractivity contribution in [2.45, 2.75) is 37.8 Å². The lowest BCUT2D eigenvalue weighted by Gasteiger charge is -2.52. The number of carbonyl (C=O) groups excluding carboxylic acids is 1. The fourth-order valence-corrected chi connectivity index (χ4v) is 2.91. The zero-order valence-electron chi connectivity index (χ0n) is 9.41. The van der Waals surface area contributed by atoms with Crippen LogP contribution in [0.4, 0.5) is 0 Å². The first-order chi connectivity index (χ1) is 7.22. The van der Waals surface area contributed by atoms with E-state index in [0.29, 0.717) is 6.10 Å². The number of methoxy groups -OCH3 is 2. The molecule has 0 amide bonds. The Bertz CT molecular complexity index is 256. The van der Waals surface area contributed by atoms with Gasteiger partial charge in [0.1, 0.15) is 6.04 Å². The van der Waals surface area contributed by atoms with Gasteiger partial charge in [-0.1, -0.05) is 6.42 Å². The van der Waals surface area contributed by atoms with Crippen LogP contribution in [-0.2, 0) is 14.3 Å². The molecule has 0 unspecified atom stereocenters. The van der Waals surface area contributed by atoms with E-state index in [0.717, 1.165) is 32.2 Å². The SMILES string of the molecule is COC(=O)[C@@H]1NC[C@@]12CCC[C@@H](OC)C2. The van der Waals surface area contributed by atoms with Crippen LogP contribution < -0.4 is 5.32 Å². The summed E-state index contributed by atoms with van der Waals surface area (Å²) in [6.07, 6.45) is 4.67. The highest BCUT2D eigenvalue weighted by Gasteiger charge is 2.53. The Morgan fingerprint density at radius 1 is 1.47 bits per heavy atom. The summed E-state index contributed by atoms with van der Waals surface area (Å²) in [7, 11) is 3.20. The van der Waals surface area contributed by atoms with Crippen molar-refractivity contribution in [3.63, 3.8) is 0 Å². The Morgan fingerprint density at radius 2 is 2.27 bits per heavy atom. The van der Waals surface area contributed by atoms with Crippen molar-refractivity contribution < 1.29 is 14.3 Å². The quantitative estimate of drug-likeness (QED) is 0.686. The minimum Gasteiger partial charge on any atom is -0.468 e. The summed E-state index contributed by atoms with van der Waals surface area (Å²) >= 11 is 0. The molecule has 0 bridgehead atoms. The monoisotopic (exact) mass is 213 g/mol. The Labute approximate surface area is 90.3 Å². The molecule has 86 valence electrons. The Balaban J connectivity index is 2.03. The lowest BCUT2D eigenvalue weighted by atomic mass is 9.63. The number of carbonyl (C=O) groups is 1. The van der Waals surface area contributed by atoms with Gasteiger partial charge in [-0.15, -0.1) is 0 Å². The molecule has 0 radical (unpaired) electrons. The molecule has 2 rings (SSSR count). The maximum absolute atomic E-state index is 11.5. The van der Waals surface area contributed by atoms with Gasteiger partial charge in [-0.2, -0.15) is 0 Å². The third-order valence-electron chi connectivity index (χ3n) is 3.88. The van der Waals surface area contributed by atoms with Gasteiger partial charge in [0.05, 0.1) is 13.2 Å². The molecule has 15 heavy (non-hydrogen) atoms. The second-order valence-electron chi connectivity index (χ2n) is 4.65. The van der Waals surface area contributed by atoms with Crippen LogP contribution in [-0.4, -0.2) is 38.9 Å². The first kappa shape index (κ1) is 10.9. The smallest absolute Gasteiger partial charge is 0.323 e. The van der Waals surface area contributed by atoms with Crippen LogP contribution in [0.3, 0.4) is 0 Å². The van der Waals surface area contributed by atoms with Gasteiger partial charge in [0.25, 0.3) is 0 Å². The van der Waals surface area contributed by atoms with Crippen LogP contribution in [0.5, 0.6) is 0 Å². The number of esters is 1. The molecule has 0 aromatic carbocycles. The molecule has 1 aliphatic carbocycles. The normalized spacial score (nSPS) is 39.9. The maximum Gasteiger partial charge on any atom is 0.323 e. The zero-order valence-corrected chi connectivity index (χ0v) is 9.41. The predicted octanol–water partition coefficient (Wildman–Crippen LogP) is 0.707. The minimum absolute atomic E-state index is 0.103. The molecular weight excluding hydrogens is 194 g/mol. The fraction of sp³-hybridized carbons (Fsp3) is 0.909. The van der Waals surface area contributed by atoms with Crippen LogP contribution in [0.1, 0.15) is 25.7 Å². The summed E-state index contributed by atoms with van der Waals surface area (Å²) in [5, 5.41) is 3.17. The van der Waals surface area contributed by atoms with E-state index >= 15 is 0 Å². The number of ether oxygens (including phenoxy) is 2. The van der Waals surface area contributed by atoms with Crippen molar-refractivity contribution >= 4 is 5.97 Å². The van der Waals surface area contributed by atoms with E-state index in [1.165, 1.54) is 7.11 Å². The largest absolute Gasteiger partial charge is 0.468 e. The van der Waals surface area contributed by atoms with E-state index < -0.39 is 0 Å². The van der Waals surface area contributed by atoms with Crippen molar-refractivity contribution in [3.05, 3.63) is 0 Å². The van der Waals surface area contributed by atoms with E-state index in [-0.39, 0.29) is 17.4 Å². The zero-order chi connectivity index (χ0) is 10.9. The van der Waals surface area contributed by atoms with Gasteiger partial charge in [0, 0.05) is 19.1 Å². The average molecular weight is 213 g/mol. The van der Waals surface area contributed by atoms with Crippen molar-refractivity contribution in [2.75, 3.05) is 20.8 Å². The van der Waals surface area contributed by atoms with Gasteiger partial charge >= 0.3 is 5.97 Å². The van der Waals surface area contributed by atoms with Crippen LogP contribution in [0.25, 0.3) is 0 Å². The highest BCUT2D eigenvalue weighted by atomic mass is 16.5. The lowest BCUT2D eigenvalue weighted by molar-refractivity contribution is -0.155. The minimum atomic E-state index is -0.127. The lowest BCUT2D eigenvalue weighted by Crippen LogP contribution is -2.67. The van der Waals surface area contributed by atoms with Crippen molar-refractivity contribution in [1.29, 1.82) is 0 Å². The predicted molar refractivity (Wildman–Crippen MR) is 55.5 cm³/mol. The second-order valence-corrected chi connectivity index (χ2v) is 4.65. The summed E-state index contributed by atoms with van der Waals surface area (Å²) in [4.78, 5) is 11.5. The summed E-state index contributed by atoms with van der Waals surface area (Å²) in [6.45, 7) is 0.923. The Morgan fingerprint density at radius 3 is 2.80 bits per heavy atom. The Kier molecular flexibility index (Phi) is 2.98. The first-order valence-corrected chi connectivity index (χ1v) is 5.56. The number of nitrogens with one attached hydrogen (secondary N) is 1. The second kappa shape index (κ2) is 4.10. The number of hydrogen-bond acceptors (Lipinski definition) is 4. The topological polar surface area (TPSA) is 47.6 Å². The molecule has 1 saturated carbocycles. The van der Waals surface area contributed by atoms with Gasteiger partial charge in [0.2, 0.25) is 0 Å². The van der Waals surface area contributed by atoms with Crippen LogP contribution >= 0.6 is 0 Å². The molecule has 1 N–H and O–H groups in total. The molecule has 3 atom stereocenters. The molecule has 2 fully saturated rings. The van der Waals surface area contributed by atoms with Gasteiger partial charge < -0.3 is 14.8 Å². The van der Waals surface area contributed by atoms with Crippen LogP contribution in [0.15, 0.2) is 0 Å². The summed E-state index contributed by atoms with van der Waals surface area (Å²) < 4.78 is 10.2. The van der Waals surface area contributed by atoms with Gasteiger partial charge in [0.15, 0.2) is 0 Å². The molecule has 4 heteroatoms. The molecule has 1 saturated heterocycles. The van der Waals surface area contributed by atoms with E-state index in [4.69, 9.17) is 9.47 Å². The van der Waals surface area contributed by atoms with Gasteiger partial charge in [-0.25, -0.2) is 0 Å². The standard InChI is InChI=1S/C11H19NO3/c1-14-8-4-3-5-11(6-8)7-12-9(11)10(13)15-2/h8-9,12H,3-7H2,1-2H3/t8-,9+,11+/m1/s1. The molecule has 1 spiro atoms. The van der Waals surface area contributed by atoms with E-state index in [1.54, 1.807) is 7.11 Å². The number of hydrogen-bond donors (Lipinski definition) is 1. The van der Waals surface area contributed by atoms with Crippen molar-refractivity contribution in [2.24, 2.45) is 5.41 Å². The molecule has 0 aromatic rings. The third kappa shape index (κ3) is 1.76. The third-order valence-corrected chi connectivity index (χ3v) is 3.88. The summed E-state index contributed by atoms with van der Waals surface area (Å²) in [5.74, 6) is -0.127. The average Bonchev–Trinajstić information content (AvgIpc) is 2.27. The molecule has 4 nitrogen and oxygen atoms in total. The number of rotatable bonds is 2. The van der Waals surface area contributed by atoms with Crippen molar-refractivity contribution in [3.8, 4) is 0 Å². The van der Waals surface area contributed by atoms with Gasteiger partial charge in [-0.3, -0.25) is 4.79 Å². The summed E-state index contributed by atoms with van der Waals surface area (Å²) in [6, 6.07) is -0.111. The Hall–Kier alpha value is -0.610. The molecule has 2 aliphatic rings. The highest BCUT2D eigenvalue weighted by molar-refractivity contribution is 5.78. The molecule has 1 heterocycles. The highest BCUT2D eigenvalue weighted by Crippen LogP contribution is 2.44. The van der Waals surface area contributed by atoms with Crippen molar-refractivity contribution in [1.82, 2.24) is 5.32 Å². The van der Waals surface area contributed by atoms with Crippen LogP contribution in [0, 0.1) is 5.41 Å². The molecule has 1 aliphatic heterocycles. The van der Waals surface area contributed by atoms with E-state index in [2.05, 4.69) is 5.32 Å².